The van der Waals surface area contributed by atoms with Crippen molar-refractivity contribution < 1.29 is 0 Å². The fraction of sp³-hybridized carbons (Fsp3) is 0.0263. The predicted molar refractivity (Wildman–Crippen MR) is 510 cm³/mol. The van der Waals surface area contributed by atoms with Crippen molar-refractivity contribution in [1.82, 2.24) is 15.0 Å². The second-order valence-corrected chi connectivity index (χ2v) is 30.9. The van der Waals surface area contributed by atoms with Crippen LogP contribution in [0.25, 0.3) is 156 Å². The van der Waals surface area contributed by atoms with E-state index < -0.39 is 0 Å². The molecule has 0 saturated heterocycles. The molecule has 3 aromatic heterocycles. The number of pyridine rings is 3. The molecule has 0 fully saturated rings. The number of halogens is 1. The van der Waals surface area contributed by atoms with Crippen molar-refractivity contribution in [3.63, 3.8) is 0 Å². The van der Waals surface area contributed by atoms with Crippen molar-refractivity contribution in [2.45, 2.75) is 20.8 Å². The van der Waals surface area contributed by atoms with Crippen LogP contribution >= 0.6 is 15.9 Å². The molecule has 19 rings (SSSR count). The molecule has 0 spiro atoms. The number of nitrogens with two attached hydrogens (primary N) is 1. The van der Waals surface area contributed by atoms with Crippen LogP contribution in [0.2, 0.25) is 0 Å². The Kier molecular flexibility index (Phi) is 23.6. The molecule has 16 aromatic carbocycles. The van der Waals surface area contributed by atoms with Crippen LogP contribution < -0.4 is 10.6 Å². The number of hydrogen-bond acceptors (Lipinski definition) is 5. The number of anilines is 4. The maximum Gasteiger partial charge on any atom is 0.0709 e. The van der Waals surface area contributed by atoms with Crippen LogP contribution in [-0.4, -0.2) is 15.0 Å². The van der Waals surface area contributed by atoms with Gasteiger partial charge in [0.05, 0.1) is 22.8 Å². The summed E-state index contributed by atoms with van der Waals surface area (Å²) in [6, 6.07) is 155. The fourth-order valence-corrected chi connectivity index (χ4v) is 16.1. The lowest BCUT2D eigenvalue weighted by atomic mass is 9.94. The van der Waals surface area contributed by atoms with Gasteiger partial charge >= 0.3 is 0 Å². The van der Waals surface area contributed by atoms with E-state index in [1.165, 1.54) is 66.8 Å². The summed E-state index contributed by atoms with van der Waals surface area (Å²) in [6.45, 7) is 6.42. The quantitative estimate of drug-likeness (QED) is 0.0920. The average molecular weight is 1610 g/mol. The maximum absolute atomic E-state index is 5.85. The molecule has 5 nitrogen and oxygen atoms in total. The molecular formula is C114H86BrN5. The lowest BCUT2D eigenvalue weighted by Gasteiger charge is -2.30. The van der Waals surface area contributed by atoms with Crippen LogP contribution in [0.5, 0.6) is 0 Å². The number of hydrogen-bond donors (Lipinski definition) is 1. The number of benzene rings is 16. The van der Waals surface area contributed by atoms with Gasteiger partial charge in [-0.3, -0.25) is 15.0 Å². The molecule has 0 aliphatic rings. The number of nitrogens with zero attached hydrogens (tertiary/aromatic N) is 4. The highest BCUT2D eigenvalue weighted by Crippen LogP contribution is 2.47. The van der Waals surface area contributed by atoms with Crippen molar-refractivity contribution >= 4 is 38.7 Å². The van der Waals surface area contributed by atoms with Gasteiger partial charge in [-0.25, -0.2) is 0 Å². The van der Waals surface area contributed by atoms with Gasteiger partial charge in [-0.15, -0.1) is 0 Å². The molecule has 0 aliphatic carbocycles. The number of para-hydroxylation sites is 2. The van der Waals surface area contributed by atoms with Crippen molar-refractivity contribution in [2.24, 2.45) is 0 Å². The summed E-state index contributed by atoms with van der Waals surface area (Å²) in [7, 11) is 0. The third kappa shape index (κ3) is 18.0. The van der Waals surface area contributed by atoms with E-state index in [1.807, 2.05) is 73.2 Å². The first-order valence-electron chi connectivity index (χ1n) is 40.5. The summed E-state index contributed by atoms with van der Waals surface area (Å²) >= 11 is 3.69. The minimum absolute atomic E-state index is 0.828. The molecule has 120 heavy (non-hydrogen) atoms. The highest BCUT2D eigenvalue weighted by molar-refractivity contribution is 9.10. The molecule has 3 heterocycles. The number of aromatic nitrogens is 3. The van der Waals surface area contributed by atoms with E-state index in [4.69, 9.17) is 20.7 Å². The van der Waals surface area contributed by atoms with Crippen LogP contribution in [0.4, 0.5) is 22.7 Å². The SMILES string of the molecule is Cc1cnc(-c2cc(-c3ccccc3)cc(N(c3cc(-c4ccccc4)cc(-c4cc(-c5ccc(-c6ccccc6)cc5)c(C)cn4)c3)c3ccccc3-c3ccccc3)c2)cc1-c1ccc(-c2ccccc2)cc1.Cc1cnc(-c2cc(Br)cc(-c3ccccc3)c2)cc1-c1ccc(-c2ccccc2)cc1.Nc1ccccc1-c1ccccc1. The van der Waals surface area contributed by atoms with Gasteiger partial charge in [0.15, 0.2) is 0 Å². The average Bonchev–Trinajstić information content (AvgIpc) is 0.762. The van der Waals surface area contributed by atoms with E-state index in [2.05, 4.69) is 424 Å². The zero-order valence-corrected chi connectivity index (χ0v) is 68.6. The Labute approximate surface area is 712 Å². The molecule has 0 bridgehead atoms. The van der Waals surface area contributed by atoms with Crippen LogP contribution in [0.15, 0.2) is 460 Å². The predicted octanol–water partition coefficient (Wildman–Crippen LogP) is 31.3. The molecule has 19 aromatic rings. The Morgan fingerprint density at radius 1 is 0.200 bits per heavy atom. The second kappa shape index (κ2) is 36.5. The first-order valence-corrected chi connectivity index (χ1v) is 41.3. The number of nitrogen functional groups attached to an aromatic ring is 1. The molecule has 0 aliphatic heterocycles. The summed E-state index contributed by atoms with van der Waals surface area (Å²) in [5, 5.41) is 0. The van der Waals surface area contributed by atoms with Crippen LogP contribution in [0.1, 0.15) is 16.7 Å². The van der Waals surface area contributed by atoms with E-state index in [0.29, 0.717) is 0 Å². The van der Waals surface area contributed by atoms with E-state index in [9.17, 15) is 0 Å². The second-order valence-electron chi connectivity index (χ2n) is 30.0. The summed E-state index contributed by atoms with van der Waals surface area (Å²) in [5.74, 6) is 0. The van der Waals surface area contributed by atoms with Gasteiger partial charge in [0.2, 0.25) is 0 Å². The highest BCUT2D eigenvalue weighted by Gasteiger charge is 2.23. The summed E-state index contributed by atoms with van der Waals surface area (Å²) in [5.41, 5.74) is 44.5. The molecule has 574 valence electrons. The number of rotatable bonds is 17. The molecular weight excluding hydrogens is 1520 g/mol. The summed E-state index contributed by atoms with van der Waals surface area (Å²) in [6.07, 6.45) is 6.01. The molecule has 0 amide bonds. The van der Waals surface area contributed by atoms with E-state index in [-0.39, 0.29) is 0 Å². The van der Waals surface area contributed by atoms with Gasteiger partial charge in [-0.05, 0) is 234 Å². The van der Waals surface area contributed by atoms with Crippen LogP contribution in [0.3, 0.4) is 0 Å². The van der Waals surface area contributed by atoms with E-state index in [1.54, 1.807) is 0 Å². The largest absolute Gasteiger partial charge is 0.398 e. The van der Waals surface area contributed by atoms with Gasteiger partial charge < -0.3 is 10.6 Å². The van der Waals surface area contributed by atoms with Crippen LogP contribution in [-0.2, 0) is 0 Å². The van der Waals surface area contributed by atoms with Gasteiger partial charge in [0, 0.05) is 67.9 Å². The molecule has 0 radical (unpaired) electrons. The Hall–Kier alpha value is -15.0. The smallest absolute Gasteiger partial charge is 0.0709 e. The first-order chi connectivity index (χ1) is 59.0. The zero-order valence-electron chi connectivity index (χ0n) is 67.0. The van der Waals surface area contributed by atoms with Crippen LogP contribution in [0, 0.1) is 20.8 Å². The molecule has 2 N–H and O–H groups in total. The minimum atomic E-state index is 0.828. The zero-order chi connectivity index (χ0) is 81.5. The Morgan fingerprint density at radius 2 is 0.425 bits per heavy atom. The normalized spacial score (nSPS) is 10.9. The highest BCUT2D eigenvalue weighted by atomic mass is 79.9. The lowest BCUT2D eigenvalue weighted by molar-refractivity contribution is 1.25. The molecule has 0 atom stereocenters. The van der Waals surface area contributed by atoms with Crippen molar-refractivity contribution in [2.75, 3.05) is 10.6 Å². The van der Waals surface area contributed by atoms with Crippen molar-refractivity contribution in [3.8, 4) is 156 Å². The number of aryl methyl sites for hydroxylation is 3. The van der Waals surface area contributed by atoms with Crippen molar-refractivity contribution in [3.05, 3.63) is 477 Å². The molecule has 0 unspecified atom stereocenters. The third-order valence-corrected chi connectivity index (χ3v) is 22.4. The molecule has 6 heteroatoms. The Bertz CT molecular complexity index is 6470. The standard InChI is InChI=1S/C72H53N3.C30H22BrN.C12H11N/c1-50-48-73-70(46-68(50)59-36-32-56(33-37-59)52-20-8-3-9-21-52)63-40-61(54-24-12-5-13-25-54)42-65(44-63)75(72-31-19-18-30-67(72)58-28-16-7-17-29-58)66-43-62(55-26-14-6-15-27-55)41-64(45-66)71-47-69(51(2)49-74-71)60-38-34-57(35-39-60)53-22-10-4-11-23-53;1-21-20-32-30(27-16-26(17-28(31)18-27)23-10-6-3-7-11-23)19-29(21)25-14-12-24(13-15-25)22-8-4-2-5-9-22;13-12-9-5-4-8-11(12)10-6-2-1-3-7-10/h3-49H,1-2H3;2-20H,1H3;1-9H,13H2. The van der Waals surface area contributed by atoms with Gasteiger partial charge in [0.1, 0.15) is 0 Å². The summed E-state index contributed by atoms with van der Waals surface area (Å²) in [4.78, 5) is 17.6. The van der Waals surface area contributed by atoms with Gasteiger partial charge in [-0.2, -0.15) is 0 Å². The van der Waals surface area contributed by atoms with E-state index in [0.717, 1.165) is 133 Å². The molecule has 0 saturated carbocycles. The monoisotopic (exact) mass is 1600 g/mol. The van der Waals surface area contributed by atoms with Gasteiger partial charge in [-0.1, -0.05) is 368 Å². The Balaban J connectivity index is 0.000000185. The third-order valence-electron chi connectivity index (χ3n) is 22.0. The van der Waals surface area contributed by atoms with E-state index >= 15 is 0 Å². The van der Waals surface area contributed by atoms with Gasteiger partial charge in [0.25, 0.3) is 0 Å². The summed E-state index contributed by atoms with van der Waals surface area (Å²) < 4.78 is 1.05. The maximum atomic E-state index is 5.85. The lowest BCUT2D eigenvalue weighted by Crippen LogP contribution is -2.12. The topological polar surface area (TPSA) is 67.9 Å². The van der Waals surface area contributed by atoms with Crippen molar-refractivity contribution in [1.29, 1.82) is 0 Å². The fourth-order valence-electron chi connectivity index (χ4n) is 15.6. The Morgan fingerprint density at radius 3 is 0.758 bits per heavy atom. The first kappa shape index (κ1) is 77.6. The minimum Gasteiger partial charge on any atom is -0.398 e.